The Balaban J connectivity index is 1.37. The van der Waals surface area contributed by atoms with E-state index < -0.39 is 12.0 Å². The van der Waals surface area contributed by atoms with E-state index in [1.165, 1.54) is 11.3 Å². The zero-order valence-corrected chi connectivity index (χ0v) is 31.9. The van der Waals surface area contributed by atoms with Gasteiger partial charge in [0.25, 0.3) is 5.56 Å². The van der Waals surface area contributed by atoms with Crippen LogP contribution in [-0.2, 0) is 22.7 Å². The summed E-state index contributed by atoms with van der Waals surface area (Å²) in [5, 5.41) is 1.01. The molecule has 6 rings (SSSR count). The molecule has 2 heterocycles. The van der Waals surface area contributed by atoms with Crippen LogP contribution in [0.3, 0.4) is 0 Å². The number of esters is 1. The molecule has 0 bridgehead atoms. The fourth-order valence-electron chi connectivity index (χ4n) is 5.59. The number of rotatable bonds is 12. The van der Waals surface area contributed by atoms with Crippen LogP contribution in [0.15, 0.2) is 110 Å². The maximum Gasteiger partial charge on any atom is 0.338 e. The van der Waals surface area contributed by atoms with Crippen LogP contribution in [0.2, 0.25) is 10.0 Å². The highest BCUT2D eigenvalue weighted by Crippen LogP contribution is 2.37. The smallest absolute Gasteiger partial charge is 0.338 e. The van der Waals surface area contributed by atoms with Crippen LogP contribution in [0.25, 0.3) is 6.08 Å². The van der Waals surface area contributed by atoms with Crippen LogP contribution in [-0.4, -0.2) is 23.8 Å². The lowest BCUT2D eigenvalue weighted by atomic mass is 9.95. The lowest BCUT2D eigenvalue weighted by Crippen LogP contribution is -2.40. The van der Waals surface area contributed by atoms with Gasteiger partial charge in [-0.1, -0.05) is 83.1 Å². The minimum atomic E-state index is -0.832. The van der Waals surface area contributed by atoms with Gasteiger partial charge in [-0.3, -0.25) is 9.36 Å². The summed E-state index contributed by atoms with van der Waals surface area (Å²) in [6.45, 7) is 6.47. The van der Waals surface area contributed by atoms with E-state index in [2.05, 4.69) is 15.9 Å². The number of ether oxygens (including phenoxy) is 4. The second kappa shape index (κ2) is 16.3. The molecular weight excluding hydrogens is 775 g/mol. The number of hydrogen-bond acceptors (Lipinski definition) is 8. The molecule has 0 saturated carbocycles. The number of allylic oxidation sites excluding steroid dienone is 1. The van der Waals surface area contributed by atoms with Gasteiger partial charge in [0, 0.05) is 15.6 Å². The molecule has 12 heteroatoms. The number of nitrogens with zero attached hydrogens (tertiary/aromatic N) is 2. The predicted molar refractivity (Wildman–Crippen MR) is 204 cm³/mol. The topological polar surface area (TPSA) is 88.4 Å². The van der Waals surface area contributed by atoms with Crippen molar-refractivity contribution in [2.75, 3.05) is 13.2 Å². The molecule has 1 aromatic heterocycles. The third-order valence-corrected chi connectivity index (χ3v) is 10.2. The van der Waals surface area contributed by atoms with Crippen molar-refractivity contribution in [3.63, 3.8) is 0 Å². The minimum Gasteiger partial charge on any atom is -0.490 e. The number of thiazole rings is 1. The lowest BCUT2D eigenvalue weighted by molar-refractivity contribution is -0.139. The van der Waals surface area contributed by atoms with E-state index in [1.807, 2.05) is 61.5 Å². The van der Waals surface area contributed by atoms with Crippen LogP contribution in [0.1, 0.15) is 49.1 Å². The summed E-state index contributed by atoms with van der Waals surface area (Å²) in [6.07, 6.45) is 1.81. The monoisotopic (exact) mass is 806 g/mol. The molecule has 0 spiro atoms. The Hall–Kier alpha value is -4.35. The van der Waals surface area contributed by atoms with Crippen molar-refractivity contribution in [2.45, 2.75) is 40.0 Å². The van der Waals surface area contributed by atoms with Crippen molar-refractivity contribution in [1.29, 1.82) is 0 Å². The first-order valence-electron chi connectivity index (χ1n) is 16.2. The predicted octanol–water partition coefficient (Wildman–Crippen LogP) is 8.42. The minimum absolute atomic E-state index is 0.164. The van der Waals surface area contributed by atoms with E-state index in [0.717, 1.165) is 21.2 Å². The Bertz CT molecular complexity index is 2300. The van der Waals surface area contributed by atoms with E-state index in [4.69, 9.17) is 47.1 Å². The summed E-state index contributed by atoms with van der Waals surface area (Å²) in [6, 6.07) is 25.3. The SMILES string of the molecule is CCOC(=O)C1=C(C)N=c2s/c(=C\c3ccc(OCc4ccccc4)c(Br)c3)c(=O)n2[C@@H]1c1ccc(OCc2ccc(Cl)cc2Cl)c(OCC)c1. The quantitative estimate of drug-likeness (QED) is 0.118. The summed E-state index contributed by atoms with van der Waals surface area (Å²) in [4.78, 5) is 32.9. The fourth-order valence-corrected chi connectivity index (χ4v) is 7.61. The molecule has 0 amide bonds. The Morgan fingerprint density at radius 2 is 1.67 bits per heavy atom. The van der Waals surface area contributed by atoms with E-state index in [0.29, 0.717) is 61.1 Å². The number of halogens is 3. The normalized spacial score (nSPS) is 14.2. The van der Waals surface area contributed by atoms with Gasteiger partial charge in [-0.2, -0.15) is 0 Å². The third kappa shape index (κ3) is 8.25. The summed E-state index contributed by atoms with van der Waals surface area (Å²) >= 11 is 17.3. The molecule has 0 aliphatic carbocycles. The maximum absolute atomic E-state index is 14.2. The van der Waals surface area contributed by atoms with Crippen LogP contribution in [0.5, 0.6) is 17.2 Å². The molecule has 0 saturated heterocycles. The van der Waals surface area contributed by atoms with Crippen molar-refractivity contribution in [1.82, 2.24) is 4.57 Å². The molecule has 0 unspecified atom stereocenters. The zero-order valence-electron chi connectivity index (χ0n) is 28.0. The average Bonchev–Trinajstić information content (AvgIpc) is 3.41. The first-order chi connectivity index (χ1) is 24.7. The van der Waals surface area contributed by atoms with Crippen molar-refractivity contribution < 1.29 is 23.7 Å². The second-order valence-electron chi connectivity index (χ2n) is 11.4. The molecule has 1 aliphatic heterocycles. The number of fused-ring (bicyclic) bond motifs is 1. The first-order valence-corrected chi connectivity index (χ1v) is 18.5. The van der Waals surface area contributed by atoms with Crippen LogP contribution < -0.4 is 29.1 Å². The zero-order chi connectivity index (χ0) is 36.1. The molecule has 51 heavy (non-hydrogen) atoms. The van der Waals surface area contributed by atoms with Gasteiger partial charge in [-0.15, -0.1) is 0 Å². The van der Waals surface area contributed by atoms with Gasteiger partial charge in [-0.05, 0) is 95.9 Å². The summed E-state index contributed by atoms with van der Waals surface area (Å²) in [5.74, 6) is 1.04. The van der Waals surface area contributed by atoms with E-state index in [9.17, 15) is 9.59 Å². The summed E-state index contributed by atoms with van der Waals surface area (Å²) in [7, 11) is 0. The number of benzene rings is 4. The molecular formula is C39H33BrCl2N2O6S. The van der Waals surface area contributed by atoms with Gasteiger partial charge in [0.1, 0.15) is 19.0 Å². The summed E-state index contributed by atoms with van der Waals surface area (Å²) < 4.78 is 26.4. The largest absolute Gasteiger partial charge is 0.490 e. The Morgan fingerprint density at radius 1 is 0.902 bits per heavy atom. The molecule has 0 fully saturated rings. The Morgan fingerprint density at radius 3 is 2.39 bits per heavy atom. The third-order valence-electron chi connectivity index (χ3n) is 7.99. The van der Waals surface area contributed by atoms with Crippen molar-refractivity contribution in [3.05, 3.63) is 153 Å². The van der Waals surface area contributed by atoms with Crippen LogP contribution in [0, 0.1) is 0 Å². The highest BCUT2D eigenvalue weighted by molar-refractivity contribution is 9.10. The van der Waals surface area contributed by atoms with Gasteiger partial charge in [0.15, 0.2) is 16.3 Å². The number of carbonyl (C=O) groups is 1. The van der Waals surface area contributed by atoms with Crippen molar-refractivity contribution in [2.24, 2.45) is 4.99 Å². The summed E-state index contributed by atoms with van der Waals surface area (Å²) in [5.41, 5.74) is 3.66. The maximum atomic E-state index is 14.2. The van der Waals surface area contributed by atoms with E-state index >= 15 is 0 Å². The number of carbonyl (C=O) groups excluding carboxylic acids is 1. The fraction of sp³-hybridized carbons (Fsp3) is 0.205. The number of aromatic nitrogens is 1. The number of hydrogen-bond donors (Lipinski definition) is 0. The van der Waals surface area contributed by atoms with Crippen molar-refractivity contribution in [3.8, 4) is 17.2 Å². The molecule has 5 aromatic rings. The average molecular weight is 809 g/mol. The Kier molecular flexibility index (Phi) is 11.7. The van der Waals surface area contributed by atoms with Crippen molar-refractivity contribution >= 4 is 62.5 Å². The van der Waals surface area contributed by atoms with Gasteiger partial charge in [-0.25, -0.2) is 9.79 Å². The highest BCUT2D eigenvalue weighted by Gasteiger charge is 2.34. The molecule has 1 atom stereocenters. The van der Waals surface area contributed by atoms with E-state index in [-0.39, 0.29) is 24.3 Å². The molecule has 262 valence electrons. The molecule has 4 aromatic carbocycles. The molecule has 8 nitrogen and oxygen atoms in total. The van der Waals surface area contributed by atoms with E-state index in [1.54, 1.807) is 54.8 Å². The molecule has 0 N–H and O–H groups in total. The standard InChI is InChI=1S/C39H33BrCl2N2O6S/c1-4-47-33-19-26(13-16-32(33)50-22-27-12-14-28(41)20-30(27)42)36-35(38(46)48-5-2)23(3)43-39-44(36)37(45)34(51-39)18-25-11-15-31(29(40)17-25)49-21-24-9-7-6-8-10-24/h6-20,36H,4-5,21-22H2,1-3H3/b34-18-/t36-/m1/s1. The lowest BCUT2D eigenvalue weighted by Gasteiger charge is -2.25. The van der Waals surface area contributed by atoms with Gasteiger partial charge in [0.05, 0.1) is 39.5 Å². The highest BCUT2D eigenvalue weighted by atomic mass is 79.9. The van der Waals surface area contributed by atoms with Gasteiger partial charge >= 0.3 is 5.97 Å². The Labute approximate surface area is 317 Å². The van der Waals surface area contributed by atoms with Gasteiger partial charge in [0.2, 0.25) is 0 Å². The molecule has 1 aliphatic rings. The van der Waals surface area contributed by atoms with Crippen LogP contribution in [0.4, 0.5) is 0 Å². The second-order valence-corrected chi connectivity index (χ2v) is 14.1. The van der Waals surface area contributed by atoms with Gasteiger partial charge < -0.3 is 18.9 Å². The first kappa shape index (κ1) is 36.4. The van der Waals surface area contributed by atoms with Crippen LogP contribution >= 0.6 is 50.5 Å². The molecule has 0 radical (unpaired) electrons.